The van der Waals surface area contributed by atoms with Gasteiger partial charge in [0.05, 0.1) is 0 Å². The molecule has 1 saturated carbocycles. The molecule has 0 bridgehead atoms. The average Bonchev–Trinajstić information content (AvgIpc) is 2.09. The van der Waals surface area contributed by atoms with Gasteiger partial charge in [0.2, 0.25) is 0 Å². The van der Waals surface area contributed by atoms with Gasteiger partial charge in [-0.3, -0.25) is 0 Å². The van der Waals surface area contributed by atoms with E-state index in [0.717, 1.165) is 24.8 Å². The molecule has 0 N–H and O–H groups in total. The summed E-state index contributed by atoms with van der Waals surface area (Å²) in [5.74, 6) is 0.382. The summed E-state index contributed by atoms with van der Waals surface area (Å²) in [5, 5.41) is 17.6. The number of rotatable bonds is 0. The molecule has 1 aliphatic carbocycles. The van der Waals surface area contributed by atoms with Crippen molar-refractivity contribution in [3.8, 4) is 12.1 Å². The minimum atomic E-state index is 0.341. The first-order chi connectivity index (χ1) is 6.50. The summed E-state index contributed by atoms with van der Waals surface area (Å²) in [4.78, 5) is 0. The Morgan fingerprint density at radius 1 is 1.36 bits per heavy atom. The number of allylic oxidation sites excluding steroid dienone is 2. The monoisotopic (exact) mass is 188 g/mol. The zero-order valence-corrected chi connectivity index (χ0v) is 9.09. The summed E-state index contributed by atoms with van der Waals surface area (Å²) >= 11 is 0. The molecule has 0 aliphatic heterocycles. The van der Waals surface area contributed by atoms with Crippen LogP contribution in [0.15, 0.2) is 11.1 Å². The third-order valence-electron chi connectivity index (χ3n) is 3.07. The van der Waals surface area contributed by atoms with Crippen molar-refractivity contribution in [3.05, 3.63) is 11.1 Å². The summed E-state index contributed by atoms with van der Waals surface area (Å²) in [6.45, 7) is 6.61. The molecule has 0 radical (unpaired) electrons. The summed E-state index contributed by atoms with van der Waals surface area (Å²) in [6.07, 6.45) is 3.07. The minimum absolute atomic E-state index is 0.341. The summed E-state index contributed by atoms with van der Waals surface area (Å²) in [7, 11) is 0. The molecule has 0 aromatic heterocycles. The Balaban J connectivity index is 2.94. The Morgan fingerprint density at radius 2 is 1.93 bits per heavy atom. The highest BCUT2D eigenvalue weighted by Gasteiger charge is 2.30. The van der Waals surface area contributed by atoms with Crippen LogP contribution in [0.4, 0.5) is 0 Å². The SMILES string of the molecule is CC1CC(C)(C)CCC1=C(C#N)C#N. The van der Waals surface area contributed by atoms with E-state index >= 15 is 0 Å². The van der Waals surface area contributed by atoms with Gasteiger partial charge in [-0.15, -0.1) is 0 Å². The normalized spacial score (nSPS) is 24.9. The fraction of sp³-hybridized carbons (Fsp3) is 0.667. The number of hydrogen-bond acceptors (Lipinski definition) is 2. The number of nitriles is 2. The third-order valence-corrected chi connectivity index (χ3v) is 3.07. The number of nitrogens with zero attached hydrogens (tertiary/aromatic N) is 2. The maximum Gasteiger partial charge on any atom is 0.129 e. The van der Waals surface area contributed by atoms with Crippen LogP contribution in [0.3, 0.4) is 0 Å². The van der Waals surface area contributed by atoms with E-state index in [0.29, 0.717) is 16.9 Å². The second kappa shape index (κ2) is 3.84. The van der Waals surface area contributed by atoms with Gasteiger partial charge in [-0.1, -0.05) is 20.8 Å². The predicted molar refractivity (Wildman–Crippen MR) is 55.0 cm³/mol. The molecular weight excluding hydrogens is 172 g/mol. The van der Waals surface area contributed by atoms with Crippen molar-refractivity contribution >= 4 is 0 Å². The first-order valence-corrected chi connectivity index (χ1v) is 5.03. The van der Waals surface area contributed by atoms with Crippen molar-refractivity contribution in [1.29, 1.82) is 10.5 Å². The largest absolute Gasteiger partial charge is 0.192 e. The molecule has 0 aromatic rings. The molecule has 0 spiro atoms. The standard InChI is InChI=1S/C12H16N2/c1-9-6-12(2,3)5-4-11(9)10(7-13)8-14/h9H,4-6H2,1-3H3. The third kappa shape index (κ3) is 2.15. The van der Waals surface area contributed by atoms with Crippen molar-refractivity contribution in [2.24, 2.45) is 11.3 Å². The van der Waals surface area contributed by atoms with Gasteiger partial charge >= 0.3 is 0 Å². The molecule has 2 nitrogen and oxygen atoms in total. The Hall–Kier alpha value is -1.28. The van der Waals surface area contributed by atoms with Crippen LogP contribution in [0.25, 0.3) is 0 Å². The maximum absolute atomic E-state index is 8.80. The van der Waals surface area contributed by atoms with Crippen LogP contribution in [0.1, 0.15) is 40.0 Å². The molecular formula is C12H16N2. The van der Waals surface area contributed by atoms with Crippen molar-refractivity contribution in [1.82, 2.24) is 0 Å². The lowest BCUT2D eigenvalue weighted by Gasteiger charge is -2.35. The molecule has 1 unspecified atom stereocenters. The Morgan fingerprint density at radius 3 is 2.36 bits per heavy atom. The maximum atomic E-state index is 8.80. The zero-order chi connectivity index (χ0) is 10.8. The lowest BCUT2D eigenvalue weighted by molar-refractivity contribution is 0.234. The number of hydrogen-bond donors (Lipinski definition) is 0. The lowest BCUT2D eigenvalue weighted by atomic mass is 9.69. The molecule has 74 valence electrons. The van der Waals surface area contributed by atoms with Crippen LogP contribution in [0.2, 0.25) is 0 Å². The van der Waals surface area contributed by atoms with Gasteiger partial charge in [0.15, 0.2) is 0 Å². The van der Waals surface area contributed by atoms with Crippen LogP contribution in [-0.2, 0) is 0 Å². The molecule has 2 heteroatoms. The zero-order valence-electron chi connectivity index (χ0n) is 9.09. The molecule has 1 rings (SSSR count). The van der Waals surface area contributed by atoms with E-state index in [-0.39, 0.29) is 0 Å². The van der Waals surface area contributed by atoms with E-state index in [1.54, 1.807) is 0 Å². The smallest absolute Gasteiger partial charge is 0.129 e. The van der Waals surface area contributed by atoms with E-state index in [2.05, 4.69) is 20.8 Å². The van der Waals surface area contributed by atoms with Crippen molar-refractivity contribution < 1.29 is 0 Å². The van der Waals surface area contributed by atoms with E-state index in [1.807, 2.05) is 12.1 Å². The highest BCUT2D eigenvalue weighted by molar-refractivity contribution is 5.41. The van der Waals surface area contributed by atoms with Gasteiger partial charge in [-0.25, -0.2) is 0 Å². The predicted octanol–water partition coefficient (Wildman–Crippen LogP) is 3.18. The van der Waals surface area contributed by atoms with Gasteiger partial charge in [0.1, 0.15) is 17.7 Å². The van der Waals surface area contributed by atoms with Gasteiger partial charge < -0.3 is 0 Å². The van der Waals surface area contributed by atoms with Crippen molar-refractivity contribution in [2.75, 3.05) is 0 Å². The van der Waals surface area contributed by atoms with Gasteiger partial charge in [0.25, 0.3) is 0 Å². The second-order valence-electron chi connectivity index (χ2n) is 4.89. The molecule has 1 fully saturated rings. The molecule has 14 heavy (non-hydrogen) atoms. The van der Waals surface area contributed by atoms with Gasteiger partial charge in [-0.05, 0) is 36.2 Å². The van der Waals surface area contributed by atoms with Crippen LogP contribution >= 0.6 is 0 Å². The minimum Gasteiger partial charge on any atom is -0.192 e. The summed E-state index contributed by atoms with van der Waals surface area (Å²) in [5.41, 5.74) is 1.76. The van der Waals surface area contributed by atoms with Gasteiger partial charge in [-0.2, -0.15) is 10.5 Å². The first kappa shape index (κ1) is 10.8. The Labute approximate surface area is 85.8 Å². The van der Waals surface area contributed by atoms with E-state index < -0.39 is 0 Å². The quantitative estimate of drug-likeness (QED) is 0.548. The fourth-order valence-corrected chi connectivity index (χ4v) is 2.31. The van der Waals surface area contributed by atoms with E-state index in [9.17, 15) is 0 Å². The average molecular weight is 188 g/mol. The van der Waals surface area contributed by atoms with E-state index in [4.69, 9.17) is 10.5 Å². The molecule has 1 aliphatic rings. The van der Waals surface area contributed by atoms with Gasteiger partial charge in [0, 0.05) is 0 Å². The van der Waals surface area contributed by atoms with Crippen LogP contribution < -0.4 is 0 Å². The summed E-state index contributed by atoms with van der Waals surface area (Å²) in [6, 6.07) is 4.00. The van der Waals surface area contributed by atoms with Crippen LogP contribution in [-0.4, -0.2) is 0 Å². The molecule has 0 saturated heterocycles. The molecule has 1 atom stereocenters. The fourth-order valence-electron chi connectivity index (χ4n) is 2.31. The van der Waals surface area contributed by atoms with Crippen LogP contribution in [0.5, 0.6) is 0 Å². The highest BCUT2D eigenvalue weighted by atomic mass is 14.4. The van der Waals surface area contributed by atoms with Crippen molar-refractivity contribution in [3.63, 3.8) is 0 Å². The topological polar surface area (TPSA) is 47.6 Å². The summed E-state index contributed by atoms with van der Waals surface area (Å²) < 4.78 is 0. The van der Waals surface area contributed by atoms with Crippen LogP contribution in [0, 0.1) is 34.0 Å². The highest BCUT2D eigenvalue weighted by Crippen LogP contribution is 2.42. The first-order valence-electron chi connectivity index (χ1n) is 5.03. The lowest BCUT2D eigenvalue weighted by Crippen LogP contribution is -2.23. The van der Waals surface area contributed by atoms with Crippen molar-refractivity contribution in [2.45, 2.75) is 40.0 Å². The second-order valence-corrected chi connectivity index (χ2v) is 4.89. The Bertz CT molecular complexity index is 320. The molecule has 0 aromatic carbocycles. The molecule has 0 amide bonds. The molecule has 0 heterocycles. The Kier molecular flexibility index (Phi) is 2.96. The van der Waals surface area contributed by atoms with E-state index in [1.165, 1.54) is 0 Å².